The standard InChI is InChI=1S/C21H20N2O4/c24-18-14-27-21(26)23(18)13-15-11-22(12-15)20(25)19(16-7-3-1-4-8-16)17-9-5-2-6-10-17/h1-10,15,19H,11-14H2. The number of nitrogens with zero attached hydrogens (tertiary/aromatic N) is 2. The van der Waals surface area contributed by atoms with Gasteiger partial charge >= 0.3 is 6.09 Å². The molecule has 0 spiro atoms. The van der Waals surface area contributed by atoms with Crippen LogP contribution in [0.15, 0.2) is 60.7 Å². The van der Waals surface area contributed by atoms with Crippen LogP contribution >= 0.6 is 0 Å². The number of amides is 3. The smallest absolute Gasteiger partial charge is 0.417 e. The van der Waals surface area contributed by atoms with Crippen molar-refractivity contribution < 1.29 is 19.1 Å². The Kier molecular flexibility index (Phi) is 4.62. The molecule has 2 aliphatic rings. The van der Waals surface area contributed by atoms with Gasteiger partial charge in [-0.1, -0.05) is 60.7 Å². The van der Waals surface area contributed by atoms with Crippen molar-refractivity contribution in [3.63, 3.8) is 0 Å². The summed E-state index contributed by atoms with van der Waals surface area (Å²) < 4.78 is 4.73. The second-order valence-electron chi connectivity index (χ2n) is 6.92. The molecule has 0 saturated carbocycles. The van der Waals surface area contributed by atoms with Crippen molar-refractivity contribution in [1.82, 2.24) is 9.80 Å². The number of carbonyl (C=O) groups excluding carboxylic acids is 3. The van der Waals surface area contributed by atoms with Gasteiger partial charge in [-0.15, -0.1) is 0 Å². The molecule has 6 heteroatoms. The molecule has 0 unspecified atom stereocenters. The van der Waals surface area contributed by atoms with Crippen molar-refractivity contribution in [3.05, 3.63) is 71.8 Å². The summed E-state index contributed by atoms with van der Waals surface area (Å²) in [5, 5.41) is 0. The Morgan fingerprint density at radius 1 is 0.963 bits per heavy atom. The van der Waals surface area contributed by atoms with Crippen LogP contribution in [-0.4, -0.2) is 53.9 Å². The number of carbonyl (C=O) groups is 3. The number of likely N-dealkylation sites (tertiary alicyclic amines) is 1. The maximum atomic E-state index is 13.2. The number of benzene rings is 2. The van der Waals surface area contributed by atoms with Crippen molar-refractivity contribution in [2.45, 2.75) is 5.92 Å². The third-order valence-electron chi connectivity index (χ3n) is 5.06. The van der Waals surface area contributed by atoms with E-state index < -0.39 is 6.09 Å². The summed E-state index contributed by atoms with van der Waals surface area (Å²) in [5.41, 5.74) is 1.91. The van der Waals surface area contributed by atoms with Crippen LogP contribution in [0.2, 0.25) is 0 Å². The first-order valence-electron chi connectivity index (χ1n) is 8.99. The molecular weight excluding hydrogens is 344 g/mol. The van der Waals surface area contributed by atoms with E-state index in [4.69, 9.17) is 4.74 Å². The van der Waals surface area contributed by atoms with Gasteiger partial charge in [-0.05, 0) is 11.1 Å². The highest BCUT2D eigenvalue weighted by Crippen LogP contribution is 2.30. The Bertz CT molecular complexity index is 792. The summed E-state index contributed by atoms with van der Waals surface area (Å²) in [7, 11) is 0. The van der Waals surface area contributed by atoms with Crippen LogP contribution in [0.1, 0.15) is 17.0 Å². The van der Waals surface area contributed by atoms with Crippen LogP contribution in [0.5, 0.6) is 0 Å². The zero-order chi connectivity index (χ0) is 18.8. The first kappa shape index (κ1) is 17.3. The quantitative estimate of drug-likeness (QED) is 0.816. The van der Waals surface area contributed by atoms with Crippen LogP contribution in [0.3, 0.4) is 0 Å². The van der Waals surface area contributed by atoms with E-state index in [0.29, 0.717) is 19.6 Å². The molecule has 0 radical (unpaired) electrons. The Morgan fingerprint density at radius 2 is 1.52 bits per heavy atom. The van der Waals surface area contributed by atoms with Gasteiger partial charge in [0.2, 0.25) is 5.91 Å². The molecule has 6 nitrogen and oxygen atoms in total. The Morgan fingerprint density at radius 3 is 2.00 bits per heavy atom. The topological polar surface area (TPSA) is 66.9 Å². The predicted molar refractivity (Wildman–Crippen MR) is 97.9 cm³/mol. The fraction of sp³-hybridized carbons (Fsp3) is 0.286. The maximum absolute atomic E-state index is 13.2. The van der Waals surface area contributed by atoms with Crippen LogP contribution < -0.4 is 0 Å². The molecule has 2 fully saturated rings. The average Bonchev–Trinajstić information content (AvgIpc) is 2.97. The summed E-state index contributed by atoms with van der Waals surface area (Å²) in [5.74, 6) is -0.530. The highest BCUT2D eigenvalue weighted by atomic mass is 16.6. The molecule has 0 aromatic heterocycles. The first-order chi connectivity index (χ1) is 13.1. The molecule has 138 valence electrons. The lowest BCUT2D eigenvalue weighted by Crippen LogP contribution is -2.55. The largest absolute Gasteiger partial charge is 0.439 e. The third kappa shape index (κ3) is 3.43. The minimum absolute atomic E-state index is 0.0407. The monoisotopic (exact) mass is 364 g/mol. The van der Waals surface area contributed by atoms with Gasteiger partial charge in [0, 0.05) is 25.6 Å². The zero-order valence-electron chi connectivity index (χ0n) is 14.8. The second-order valence-corrected chi connectivity index (χ2v) is 6.92. The van der Waals surface area contributed by atoms with Crippen LogP contribution in [0.25, 0.3) is 0 Å². The van der Waals surface area contributed by atoms with Gasteiger partial charge in [0.25, 0.3) is 5.91 Å². The molecule has 3 amide bonds. The lowest BCUT2D eigenvalue weighted by molar-refractivity contribution is -0.138. The molecule has 4 rings (SSSR count). The highest BCUT2D eigenvalue weighted by Gasteiger charge is 2.40. The lowest BCUT2D eigenvalue weighted by atomic mass is 9.87. The fourth-order valence-electron chi connectivity index (χ4n) is 3.63. The van der Waals surface area contributed by atoms with E-state index in [1.807, 2.05) is 60.7 Å². The Balaban J connectivity index is 1.46. The van der Waals surface area contributed by atoms with Crippen molar-refractivity contribution in [3.8, 4) is 0 Å². The normalized spacial score (nSPS) is 17.2. The average molecular weight is 364 g/mol. The third-order valence-corrected chi connectivity index (χ3v) is 5.06. The van der Waals surface area contributed by atoms with E-state index >= 15 is 0 Å². The minimum atomic E-state index is -0.587. The van der Waals surface area contributed by atoms with E-state index in [0.717, 1.165) is 16.0 Å². The predicted octanol–water partition coefficient (Wildman–Crippen LogP) is 2.26. The van der Waals surface area contributed by atoms with Crippen molar-refractivity contribution in [1.29, 1.82) is 0 Å². The van der Waals surface area contributed by atoms with E-state index in [1.165, 1.54) is 0 Å². The van der Waals surface area contributed by atoms with Crippen molar-refractivity contribution in [2.24, 2.45) is 5.92 Å². The molecule has 27 heavy (non-hydrogen) atoms. The van der Waals surface area contributed by atoms with Gasteiger partial charge in [-0.2, -0.15) is 0 Å². The van der Waals surface area contributed by atoms with Crippen molar-refractivity contribution in [2.75, 3.05) is 26.2 Å². The van der Waals surface area contributed by atoms with Gasteiger partial charge in [-0.3, -0.25) is 9.59 Å². The molecule has 0 atom stereocenters. The molecule has 0 N–H and O–H groups in total. The van der Waals surface area contributed by atoms with Gasteiger partial charge in [-0.25, -0.2) is 9.69 Å². The Labute approximate surface area is 157 Å². The first-order valence-corrected chi connectivity index (χ1v) is 8.99. The van der Waals surface area contributed by atoms with Crippen LogP contribution in [-0.2, 0) is 14.3 Å². The van der Waals surface area contributed by atoms with Gasteiger partial charge in [0.15, 0.2) is 6.61 Å². The SMILES string of the molecule is O=C(C(c1ccccc1)c1ccccc1)N1CC(CN2C(=O)COC2=O)C1. The maximum Gasteiger partial charge on any atom is 0.417 e. The Hall–Kier alpha value is -3.15. The molecule has 2 aromatic carbocycles. The van der Waals surface area contributed by atoms with Gasteiger partial charge in [0.1, 0.15) is 0 Å². The summed E-state index contributed by atoms with van der Waals surface area (Å²) in [6.07, 6.45) is -0.587. The molecule has 2 saturated heterocycles. The number of imide groups is 1. The minimum Gasteiger partial charge on any atom is -0.439 e. The van der Waals surface area contributed by atoms with E-state index in [1.54, 1.807) is 4.90 Å². The number of ether oxygens (including phenoxy) is 1. The van der Waals surface area contributed by atoms with Crippen LogP contribution in [0, 0.1) is 5.92 Å². The molecule has 0 aliphatic carbocycles. The van der Waals surface area contributed by atoms with Crippen molar-refractivity contribution >= 4 is 17.9 Å². The molecule has 2 aromatic rings. The summed E-state index contributed by atoms with van der Waals surface area (Å²) in [4.78, 5) is 39.3. The number of rotatable bonds is 5. The molecule has 0 bridgehead atoms. The van der Waals surface area contributed by atoms with E-state index in [9.17, 15) is 14.4 Å². The zero-order valence-corrected chi connectivity index (χ0v) is 14.8. The number of hydrogen-bond acceptors (Lipinski definition) is 4. The second kappa shape index (κ2) is 7.23. The lowest BCUT2D eigenvalue weighted by Gasteiger charge is -2.42. The molecular formula is C21H20N2O4. The van der Waals surface area contributed by atoms with Crippen LogP contribution in [0.4, 0.5) is 4.79 Å². The van der Waals surface area contributed by atoms with Gasteiger partial charge in [0.05, 0.1) is 5.92 Å². The number of hydrogen-bond donors (Lipinski definition) is 0. The summed E-state index contributed by atoms with van der Waals surface area (Å²) >= 11 is 0. The highest BCUT2D eigenvalue weighted by molar-refractivity contribution is 5.97. The van der Waals surface area contributed by atoms with E-state index in [-0.39, 0.29) is 30.3 Å². The fourth-order valence-corrected chi connectivity index (χ4v) is 3.63. The van der Waals surface area contributed by atoms with Gasteiger partial charge < -0.3 is 9.64 Å². The van der Waals surface area contributed by atoms with E-state index in [2.05, 4.69) is 0 Å². The number of cyclic esters (lactones) is 1. The molecule has 2 aliphatic heterocycles. The summed E-state index contributed by atoms with van der Waals surface area (Å²) in [6, 6.07) is 19.5. The molecule has 2 heterocycles. The summed E-state index contributed by atoms with van der Waals surface area (Å²) in [6.45, 7) is 1.19.